The molecule has 3 rings (SSSR count). The zero-order chi connectivity index (χ0) is 18.0. The van der Waals surface area contributed by atoms with Gasteiger partial charge in [-0.15, -0.1) is 10.2 Å². The average molecular weight is 341 g/mol. The number of hydrogen-bond donors (Lipinski definition) is 2. The molecular formula is C19H27N5O. The fourth-order valence-electron chi connectivity index (χ4n) is 3.43. The highest BCUT2D eigenvalue weighted by Gasteiger charge is 2.24. The Hall–Kier alpha value is -2.37. The Morgan fingerprint density at radius 1 is 1.28 bits per heavy atom. The average Bonchev–Trinajstić information content (AvgIpc) is 2.97. The second kappa shape index (κ2) is 7.25. The first-order chi connectivity index (χ1) is 12.0. The summed E-state index contributed by atoms with van der Waals surface area (Å²) in [5.41, 5.74) is 3.35. The highest BCUT2D eigenvalue weighted by Crippen LogP contribution is 2.21. The van der Waals surface area contributed by atoms with E-state index in [1.807, 2.05) is 6.07 Å². The number of amides is 1. The number of carbonyl (C=O) groups excluding carboxylic acids is 1. The summed E-state index contributed by atoms with van der Waals surface area (Å²) in [5.74, 6) is 2.39. The summed E-state index contributed by atoms with van der Waals surface area (Å²) in [4.78, 5) is 12.4. The summed E-state index contributed by atoms with van der Waals surface area (Å²) in [6.07, 6.45) is 1.76. The van der Waals surface area contributed by atoms with E-state index in [-0.39, 0.29) is 18.5 Å². The van der Waals surface area contributed by atoms with Crippen molar-refractivity contribution in [2.24, 2.45) is 0 Å². The second-order valence-corrected chi connectivity index (χ2v) is 7.16. The third-order valence-electron chi connectivity index (χ3n) is 4.76. The van der Waals surface area contributed by atoms with Gasteiger partial charge in [0.15, 0.2) is 0 Å². The fraction of sp³-hybridized carbons (Fsp3) is 0.526. The number of fused-ring (bicyclic) bond motifs is 1. The number of aromatic nitrogens is 3. The third-order valence-corrected chi connectivity index (χ3v) is 4.76. The number of carbonyl (C=O) groups is 1. The summed E-state index contributed by atoms with van der Waals surface area (Å²) in [7, 11) is 0. The maximum Gasteiger partial charge on any atom is 0.239 e. The van der Waals surface area contributed by atoms with E-state index in [0.29, 0.717) is 5.92 Å². The standard InChI is InChI=1S/C19H27N5O/c1-12(2)19-23-22-16-9-8-15(11-24(16)19)21-17(25)10-20-18-13(3)6-5-7-14(18)4/h5-7,12,15,20H,8-11H2,1-4H3,(H,21,25)/t15-/m0/s1. The molecule has 134 valence electrons. The molecule has 1 amide bonds. The molecule has 25 heavy (non-hydrogen) atoms. The number of para-hydroxylation sites is 1. The predicted octanol–water partition coefficient (Wildman–Crippen LogP) is 2.56. The number of anilines is 1. The molecule has 0 spiro atoms. The van der Waals surface area contributed by atoms with E-state index in [9.17, 15) is 4.79 Å². The SMILES string of the molecule is Cc1cccc(C)c1NCC(=O)N[C@H]1CCc2nnc(C(C)C)n2C1. The van der Waals surface area contributed by atoms with Gasteiger partial charge in [0.1, 0.15) is 11.6 Å². The first-order valence-corrected chi connectivity index (χ1v) is 8.97. The zero-order valence-corrected chi connectivity index (χ0v) is 15.5. The molecule has 6 heteroatoms. The smallest absolute Gasteiger partial charge is 0.239 e. The van der Waals surface area contributed by atoms with Crippen molar-refractivity contribution in [1.29, 1.82) is 0 Å². The molecule has 2 N–H and O–H groups in total. The zero-order valence-electron chi connectivity index (χ0n) is 15.5. The third kappa shape index (κ3) is 3.83. The van der Waals surface area contributed by atoms with Crippen LogP contribution in [0, 0.1) is 13.8 Å². The van der Waals surface area contributed by atoms with Crippen LogP contribution in [0.15, 0.2) is 18.2 Å². The monoisotopic (exact) mass is 341 g/mol. The molecule has 0 fully saturated rings. The van der Waals surface area contributed by atoms with Gasteiger partial charge in [-0.3, -0.25) is 4.79 Å². The van der Waals surface area contributed by atoms with Gasteiger partial charge in [0, 0.05) is 30.6 Å². The van der Waals surface area contributed by atoms with Gasteiger partial charge < -0.3 is 15.2 Å². The van der Waals surface area contributed by atoms with E-state index in [1.165, 1.54) is 0 Å². The van der Waals surface area contributed by atoms with Crippen molar-refractivity contribution in [1.82, 2.24) is 20.1 Å². The topological polar surface area (TPSA) is 71.8 Å². The van der Waals surface area contributed by atoms with Crippen LogP contribution in [0.1, 0.15) is 49.0 Å². The highest BCUT2D eigenvalue weighted by molar-refractivity contribution is 5.81. The van der Waals surface area contributed by atoms with Gasteiger partial charge in [-0.1, -0.05) is 32.0 Å². The van der Waals surface area contributed by atoms with Gasteiger partial charge in [0.25, 0.3) is 0 Å². The number of rotatable bonds is 5. The largest absolute Gasteiger partial charge is 0.376 e. The lowest BCUT2D eigenvalue weighted by molar-refractivity contribution is -0.120. The van der Waals surface area contributed by atoms with Crippen molar-refractivity contribution < 1.29 is 4.79 Å². The molecule has 1 aliphatic rings. The molecule has 0 saturated heterocycles. The molecule has 0 radical (unpaired) electrons. The Morgan fingerprint density at radius 2 is 2.00 bits per heavy atom. The minimum absolute atomic E-state index is 0.0234. The number of nitrogens with one attached hydrogen (secondary N) is 2. The van der Waals surface area contributed by atoms with Crippen molar-refractivity contribution in [2.45, 2.75) is 59.0 Å². The lowest BCUT2D eigenvalue weighted by Gasteiger charge is -2.26. The molecule has 2 heterocycles. The van der Waals surface area contributed by atoms with Crippen LogP contribution in [0.25, 0.3) is 0 Å². The van der Waals surface area contributed by atoms with Gasteiger partial charge in [-0.05, 0) is 31.4 Å². The van der Waals surface area contributed by atoms with Crippen LogP contribution in [0.4, 0.5) is 5.69 Å². The second-order valence-electron chi connectivity index (χ2n) is 7.16. The van der Waals surface area contributed by atoms with E-state index >= 15 is 0 Å². The maximum atomic E-state index is 12.4. The van der Waals surface area contributed by atoms with Crippen molar-refractivity contribution in [2.75, 3.05) is 11.9 Å². The fourth-order valence-corrected chi connectivity index (χ4v) is 3.43. The van der Waals surface area contributed by atoms with Gasteiger partial charge in [-0.25, -0.2) is 0 Å². The minimum Gasteiger partial charge on any atom is -0.376 e. The molecule has 1 aromatic heterocycles. The first kappa shape index (κ1) is 17.5. The van der Waals surface area contributed by atoms with Gasteiger partial charge in [0.05, 0.1) is 6.54 Å². The number of aryl methyl sites for hydroxylation is 3. The highest BCUT2D eigenvalue weighted by atomic mass is 16.2. The van der Waals surface area contributed by atoms with Crippen LogP contribution < -0.4 is 10.6 Å². The summed E-state index contributed by atoms with van der Waals surface area (Å²) in [6, 6.07) is 6.26. The van der Waals surface area contributed by atoms with Crippen molar-refractivity contribution in [3.63, 3.8) is 0 Å². The molecule has 0 aliphatic carbocycles. The summed E-state index contributed by atoms with van der Waals surface area (Å²) in [5, 5.41) is 15.0. The number of nitrogens with zero attached hydrogens (tertiary/aromatic N) is 3. The van der Waals surface area contributed by atoms with E-state index in [2.05, 4.69) is 65.2 Å². The van der Waals surface area contributed by atoms with Crippen LogP contribution in [-0.4, -0.2) is 33.3 Å². The molecule has 0 unspecified atom stereocenters. The lowest BCUT2D eigenvalue weighted by atomic mass is 10.1. The molecule has 1 atom stereocenters. The van der Waals surface area contributed by atoms with E-state index in [1.54, 1.807) is 0 Å². The van der Waals surface area contributed by atoms with Crippen molar-refractivity contribution in [3.8, 4) is 0 Å². The summed E-state index contributed by atoms with van der Waals surface area (Å²) in [6.45, 7) is 9.38. The molecule has 6 nitrogen and oxygen atoms in total. The quantitative estimate of drug-likeness (QED) is 0.877. The molecule has 0 saturated carbocycles. The van der Waals surface area contributed by atoms with Crippen LogP contribution in [0.2, 0.25) is 0 Å². The van der Waals surface area contributed by atoms with Gasteiger partial charge in [-0.2, -0.15) is 0 Å². The lowest BCUT2D eigenvalue weighted by Crippen LogP contribution is -2.43. The first-order valence-electron chi connectivity index (χ1n) is 8.97. The Morgan fingerprint density at radius 3 is 2.68 bits per heavy atom. The summed E-state index contributed by atoms with van der Waals surface area (Å²) >= 11 is 0. The minimum atomic E-state index is 0.0234. The normalized spacial score (nSPS) is 16.6. The van der Waals surface area contributed by atoms with Crippen LogP contribution in [0.5, 0.6) is 0 Å². The van der Waals surface area contributed by atoms with Crippen LogP contribution in [0.3, 0.4) is 0 Å². The van der Waals surface area contributed by atoms with E-state index < -0.39 is 0 Å². The molecule has 1 aliphatic heterocycles. The van der Waals surface area contributed by atoms with Crippen LogP contribution in [-0.2, 0) is 17.8 Å². The molecule has 0 bridgehead atoms. The number of benzene rings is 1. The van der Waals surface area contributed by atoms with E-state index in [0.717, 1.165) is 47.8 Å². The predicted molar refractivity (Wildman–Crippen MR) is 98.8 cm³/mol. The Labute approximate surface area is 149 Å². The van der Waals surface area contributed by atoms with Crippen LogP contribution >= 0.6 is 0 Å². The van der Waals surface area contributed by atoms with Gasteiger partial charge >= 0.3 is 0 Å². The Bertz CT molecular complexity index is 745. The maximum absolute atomic E-state index is 12.4. The number of hydrogen-bond acceptors (Lipinski definition) is 4. The van der Waals surface area contributed by atoms with Gasteiger partial charge in [0.2, 0.25) is 5.91 Å². The Balaban J connectivity index is 1.58. The summed E-state index contributed by atoms with van der Waals surface area (Å²) < 4.78 is 2.16. The van der Waals surface area contributed by atoms with Crippen molar-refractivity contribution in [3.05, 3.63) is 41.0 Å². The van der Waals surface area contributed by atoms with E-state index in [4.69, 9.17) is 0 Å². The molecular weight excluding hydrogens is 314 g/mol. The van der Waals surface area contributed by atoms with Crippen molar-refractivity contribution >= 4 is 11.6 Å². The Kier molecular flexibility index (Phi) is 5.06. The molecule has 2 aromatic rings. The molecule has 1 aromatic carbocycles.